The second-order valence-electron chi connectivity index (χ2n) is 11.6. The third-order valence-corrected chi connectivity index (χ3v) is 10.6. The second kappa shape index (κ2) is 29.1. The Morgan fingerprint density at radius 2 is 1.45 bits per heavy atom. The number of rotatable bonds is 17. The molecule has 1 heterocycles. The molecule has 7 nitrogen and oxygen atoms in total. The van der Waals surface area contributed by atoms with Crippen molar-refractivity contribution in [2.75, 3.05) is 54.1 Å². The molecule has 0 saturated carbocycles. The molecule has 51 heavy (non-hydrogen) atoms. The van der Waals surface area contributed by atoms with Crippen LogP contribution in [0, 0.1) is 6.92 Å². The molecule has 2 rings (SSSR count). The minimum atomic E-state index is 0.736. The quantitative estimate of drug-likeness (QED) is 0.0800. The number of thiocarbonyl (C=S) groups is 3. The van der Waals surface area contributed by atoms with Gasteiger partial charge in [-0.25, -0.2) is 0 Å². The van der Waals surface area contributed by atoms with Crippen molar-refractivity contribution in [2.24, 2.45) is 0 Å². The highest BCUT2D eigenvalue weighted by Gasteiger charge is 2.26. The van der Waals surface area contributed by atoms with Crippen LogP contribution in [0.2, 0.25) is 0 Å². The lowest BCUT2D eigenvalue weighted by Crippen LogP contribution is -2.43. The molecule has 0 aromatic heterocycles. The van der Waals surface area contributed by atoms with E-state index in [0.717, 1.165) is 66.6 Å². The van der Waals surface area contributed by atoms with Gasteiger partial charge in [-0.3, -0.25) is 0 Å². The van der Waals surface area contributed by atoms with Crippen molar-refractivity contribution < 1.29 is 0 Å². The first-order valence-electron chi connectivity index (χ1n) is 17.5. The van der Waals surface area contributed by atoms with Gasteiger partial charge in [-0.05, 0) is 64.4 Å². The van der Waals surface area contributed by atoms with Crippen LogP contribution < -0.4 is 16.0 Å². The molecule has 12 heteroatoms. The fraction of sp³-hybridized carbons (Fsp3) is 0.513. The van der Waals surface area contributed by atoms with Crippen LogP contribution in [-0.2, 0) is 5.75 Å². The van der Waals surface area contributed by atoms with Crippen molar-refractivity contribution in [2.45, 2.75) is 80.4 Å². The molecule has 1 aliphatic heterocycles. The molecule has 0 spiro atoms. The molecule has 1 aliphatic rings. The number of likely N-dealkylation sites (N-methyl/N-ethyl adjacent to an activating group) is 2. The average Bonchev–Trinajstić information content (AvgIpc) is 3.13. The number of thioether (sulfide) groups is 2. The monoisotopic (exact) mass is 793 g/mol. The summed E-state index contributed by atoms with van der Waals surface area (Å²) in [5.74, 6) is 2.79. The summed E-state index contributed by atoms with van der Waals surface area (Å²) >= 11 is 19.3. The highest BCUT2D eigenvalue weighted by molar-refractivity contribution is 8.03. The van der Waals surface area contributed by atoms with E-state index in [-0.39, 0.29) is 0 Å². The molecule has 0 atom stereocenters. The molecule has 0 aliphatic carbocycles. The van der Waals surface area contributed by atoms with Gasteiger partial charge in [0.15, 0.2) is 0 Å². The molecule has 3 N–H and O–H groups in total. The van der Waals surface area contributed by atoms with Gasteiger partial charge < -0.3 is 35.6 Å². The summed E-state index contributed by atoms with van der Waals surface area (Å²) in [5, 5.41) is 11.7. The van der Waals surface area contributed by atoms with Gasteiger partial charge in [-0.1, -0.05) is 121 Å². The Kier molecular flexibility index (Phi) is 29.0. The molecule has 0 bridgehead atoms. The third-order valence-electron chi connectivity index (χ3n) is 7.22. The van der Waals surface area contributed by atoms with E-state index in [2.05, 4.69) is 87.6 Å². The Morgan fingerprint density at radius 1 is 0.902 bits per heavy atom. The molecule has 288 valence electrons. The van der Waals surface area contributed by atoms with E-state index >= 15 is 0 Å². The van der Waals surface area contributed by atoms with Gasteiger partial charge >= 0.3 is 0 Å². The van der Waals surface area contributed by atoms with Crippen LogP contribution in [0.1, 0.15) is 78.9 Å². The van der Waals surface area contributed by atoms with E-state index in [0.29, 0.717) is 0 Å². The molecule has 1 aromatic carbocycles. The summed E-state index contributed by atoms with van der Waals surface area (Å²) in [6, 6.07) is 8.56. The predicted octanol–water partition coefficient (Wildman–Crippen LogP) is 9.82. The Hall–Kier alpha value is -2.35. The summed E-state index contributed by atoms with van der Waals surface area (Å²) in [7, 11) is 9.68. The second-order valence-corrected chi connectivity index (χ2v) is 14.9. The fourth-order valence-corrected chi connectivity index (χ4v) is 5.85. The molecule has 1 aromatic rings. The highest BCUT2D eigenvalue weighted by atomic mass is 32.2. The number of allylic oxidation sites excluding steroid dienone is 2. The van der Waals surface area contributed by atoms with Gasteiger partial charge in [-0.15, -0.1) is 23.5 Å². The Labute approximate surface area is 337 Å². The van der Waals surface area contributed by atoms with Crippen LogP contribution in [0.3, 0.4) is 0 Å². The fourth-order valence-electron chi connectivity index (χ4n) is 3.86. The molecule has 0 amide bonds. The maximum absolute atomic E-state index is 5.53. The van der Waals surface area contributed by atoms with E-state index in [1.165, 1.54) is 37.1 Å². The Bertz CT molecular complexity index is 1320. The van der Waals surface area contributed by atoms with E-state index < -0.39 is 0 Å². The normalized spacial score (nSPS) is 12.6. The molecule has 0 fully saturated rings. The third kappa shape index (κ3) is 19.9. The summed E-state index contributed by atoms with van der Waals surface area (Å²) in [6.07, 6.45) is 3.61. The van der Waals surface area contributed by atoms with Crippen molar-refractivity contribution in [3.8, 4) is 0 Å². The zero-order valence-corrected chi connectivity index (χ0v) is 37.9. The lowest BCUT2D eigenvalue weighted by Gasteiger charge is -2.38. The van der Waals surface area contributed by atoms with Crippen molar-refractivity contribution in [1.82, 2.24) is 35.6 Å². The molecular weight excluding hydrogens is 727 g/mol. The summed E-state index contributed by atoms with van der Waals surface area (Å²) in [6.45, 7) is 31.2. The Morgan fingerprint density at radius 3 is 1.92 bits per heavy atom. The van der Waals surface area contributed by atoms with Crippen LogP contribution in [0.4, 0.5) is 0 Å². The first-order valence-corrected chi connectivity index (χ1v) is 20.8. The van der Waals surface area contributed by atoms with Gasteiger partial charge in [0.1, 0.15) is 15.8 Å². The SMILES string of the molecule is C=C(N/C(C(=S)N(C)C)=C(\C)N(C)C=S)SCCC.C=C(NC1=C(C)N(C)C(=C)N(C)C1=S)SCc1ccc(C)cc1.CC.CCCNCCC. The smallest absolute Gasteiger partial charge is 0.132 e. The van der Waals surface area contributed by atoms with E-state index in [1.807, 2.05) is 82.5 Å². The van der Waals surface area contributed by atoms with Crippen LogP contribution in [0.25, 0.3) is 0 Å². The lowest BCUT2D eigenvalue weighted by molar-refractivity contribution is 0.381. The maximum Gasteiger partial charge on any atom is 0.132 e. The number of benzene rings is 1. The minimum Gasteiger partial charge on any atom is -0.367 e. The average molecular weight is 794 g/mol. The van der Waals surface area contributed by atoms with Gasteiger partial charge in [0.25, 0.3) is 0 Å². The van der Waals surface area contributed by atoms with Crippen LogP contribution in [0.5, 0.6) is 0 Å². The highest BCUT2D eigenvalue weighted by Crippen LogP contribution is 2.26. The Balaban J connectivity index is 0. The van der Waals surface area contributed by atoms with Crippen LogP contribution in [-0.4, -0.2) is 89.1 Å². The summed E-state index contributed by atoms with van der Waals surface area (Å²) < 4.78 is 0. The molecule has 0 saturated heterocycles. The van der Waals surface area contributed by atoms with Crippen molar-refractivity contribution >= 4 is 75.6 Å². The summed E-state index contributed by atoms with van der Waals surface area (Å²) in [4.78, 5) is 9.17. The van der Waals surface area contributed by atoms with E-state index in [9.17, 15) is 0 Å². The number of hydrogen-bond donors (Lipinski definition) is 3. The number of aryl methyl sites for hydroxylation is 1. The molecular formula is C39H67N7S5. The van der Waals surface area contributed by atoms with E-state index in [1.54, 1.807) is 29.0 Å². The standard InChI is InChI=1S/C18H23N3S2.C13H23N3S3.C6H15N.C2H6/c1-12-7-9-16(10-8-12)11-23-14(3)19-17-13(2)20(5)15(4)21(6)18(17)22;1-7-8-19-11(3)14-12(13(18)15(4)5)10(2)16(6)9-17;1-3-5-7-6-4-2;1-2/h7-10,19H,3-4,11H2,1-2,5-6H3;9,14H,3,7-8H2,1-2,4-6H3;7H,3-6H2,1-2H3;1-2H3/b;12-10+;;. The summed E-state index contributed by atoms with van der Waals surface area (Å²) in [5.41, 5.74) is 7.97. The van der Waals surface area contributed by atoms with Gasteiger partial charge in [0, 0.05) is 52.4 Å². The molecule has 0 unspecified atom stereocenters. The molecule has 0 radical (unpaired) electrons. The van der Waals surface area contributed by atoms with E-state index in [4.69, 9.17) is 36.7 Å². The van der Waals surface area contributed by atoms with Crippen molar-refractivity contribution in [3.63, 3.8) is 0 Å². The van der Waals surface area contributed by atoms with Gasteiger partial charge in [0.2, 0.25) is 0 Å². The van der Waals surface area contributed by atoms with Crippen molar-refractivity contribution in [3.05, 3.63) is 93.8 Å². The van der Waals surface area contributed by atoms with Crippen LogP contribution in [0.15, 0.2) is 82.7 Å². The zero-order valence-electron chi connectivity index (χ0n) is 33.8. The maximum atomic E-state index is 5.53. The first-order chi connectivity index (χ1) is 24.1. The lowest BCUT2D eigenvalue weighted by atomic mass is 10.2. The topological polar surface area (TPSA) is 49.1 Å². The first kappa shape index (κ1) is 50.8. The predicted molar refractivity (Wildman–Crippen MR) is 245 cm³/mol. The number of hydrogen-bond acceptors (Lipinski definition) is 9. The number of nitrogens with zero attached hydrogens (tertiary/aromatic N) is 4. The minimum absolute atomic E-state index is 0.736. The number of nitrogens with one attached hydrogen (secondary N) is 3. The zero-order chi connectivity index (χ0) is 39.7. The largest absolute Gasteiger partial charge is 0.367 e. The van der Waals surface area contributed by atoms with Gasteiger partial charge in [-0.2, -0.15) is 0 Å². The van der Waals surface area contributed by atoms with Crippen LogP contribution >= 0.6 is 60.2 Å². The van der Waals surface area contributed by atoms with Gasteiger partial charge in [0.05, 0.1) is 26.9 Å². The van der Waals surface area contributed by atoms with Crippen molar-refractivity contribution in [1.29, 1.82) is 0 Å².